The zero-order valence-corrected chi connectivity index (χ0v) is 10.7. The largest absolute Gasteiger partial charge is 0.487 e. The zero-order chi connectivity index (χ0) is 21.6. The number of halogens is 1. The summed E-state index contributed by atoms with van der Waals surface area (Å²) in [6, 6.07) is 4.30. The van der Waals surface area contributed by atoms with Crippen molar-refractivity contribution in [2.45, 2.75) is 56.9 Å². The monoisotopic (exact) mass is 273 g/mol. The summed E-state index contributed by atoms with van der Waals surface area (Å²) in [6.07, 6.45) is -15.8. The number of rotatable bonds is 4. The highest BCUT2D eigenvalue weighted by Gasteiger charge is 2.46. The molecule has 1 aromatic rings. The van der Waals surface area contributed by atoms with Gasteiger partial charge in [-0.3, -0.25) is 0 Å². The van der Waals surface area contributed by atoms with E-state index in [2.05, 4.69) is 0 Å². The van der Waals surface area contributed by atoms with E-state index in [1.54, 1.807) is 13.8 Å². The zero-order valence-electron chi connectivity index (χ0n) is 19.7. The Morgan fingerprint density at radius 3 is 2.95 bits per heavy atom. The van der Waals surface area contributed by atoms with Gasteiger partial charge in [-0.05, 0) is 43.0 Å². The Morgan fingerprint density at radius 1 is 1.53 bits per heavy atom. The van der Waals surface area contributed by atoms with Gasteiger partial charge >= 0.3 is 0 Å². The van der Waals surface area contributed by atoms with Gasteiger partial charge in [0.05, 0.1) is 7.45 Å². The molecular formula is C16H21FO2. The fraction of sp³-hybridized carbons (Fsp3) is 0.625. The van der Waals surface area contributed by atoms with Crippen molar-refractivity contribution in [1.82, 2.24) is 0 Å². The maximum atomic E-state index is 14.7. The van der Waals surface area contributed by atoms with Gasteiger partial charge in [0.1, 0.15) is 12.2 Å². The van der Waals surface area contributed by atoms with Gasteiger partial charge in [0.2, 0.25) is 0 Å². The van der Waals surface area contributed by atoms with Crippen LogP contribution in [0.1, 0.15) is 63.2 Å². The van der Waals surface area contributed by atoms with E-state index in [-0.39, 0.29) is 11.7 Å². The van der Waals surface area contributed by atoms with Gasteiger partial charge in [0.15, 0.2) is 11.6 Å². The Balaban J connectivity index is 2.07. The first-order valence-electron chi connectivity index (χ1n) is 10.6. The van der Waals surface area contributed by atoms with Crippen LogP contribution >= 0.6 is 0 Å². The third-order valence-corrected chi connectivity index (χ3v) is 3.08. The number of fused-ring (bicyclic) bond motifs is 2. The van der Waals surface area contributed by atoms with Crippen molar-refractivity contribution in [3.8, 4) is 5.75 Å². The summed E-state index contributed by atoms with van der Waals surface area (Å²) in [5, 5.41) is 0. The Hall–Kier alpha value is -1.09. The summed E-state index contributed by atoms with van der Waals surface area (Å²) in [4.78, 5) is 0. The minimum atomic E-state index is -3.18. The summed E-state index contributed by atoms with van der Waals surface area (Å²) in [5.41, 5.74) is -2.48. The molecule has 1 aromatic carbocycles. The topological polar surface area (TPSA) is 18.5 Å². The van der Waals surface area contributed by atoms with E-state index < -0.39 is 49.6 Å². The van der Waals surface area contributed by atoms with E-state index in [1.807, 2.05) is 0 Å². The molecule has 0 spiro atoms. The maximum absolute atomic E-state index is 14.7. The predicted molar refractivity (Wildman–Crippen MR) is 72.1 cm³/mol. The van der Waals surface area contributed by atoms with Crippen molar-refractivity contribution >= 4 is 0 Å². The summed E-state index contributed by atoms with van der Waals surface area (Å²) < 4.78 is 98.0. The molecule has 3 heteroatoms. The van der Waals surface area contributed by atoms with Gasteiger partial charge in [-0.2, -0.15) is 0 Å². The van der Waals surface area contributed by atoms with Gasteiger partial charge in [0.25, 0.3) is 0 Å². The van der Waals surface area contributed by atoms with Gasteiger partial charge < -0.3 is 9.47 Å². The van der Waals surface area contributed by atoms with Crippen LogP contribution in [-0.4, -0.2) is 18.3 Å². The van der Waals surface area contributed by atoms with Gasteiger partial charge in [-0.1, -0.05) is 26.0 Å². The first-order chi connectivity index (χ1) is 12.5. The van der Waals surface area contributed by atoms with E-state index in [9.17, 15) is 4.39 Å². The number of benzene rings is 1. The fourth-order valence-electron chi connectivity index (χ4n) is 2.02. The molecule has 2 heterocycles. The lowest BCUT2D eigenvalue weighted by molar-refractivity contribution is -0.0206. The fourth-order valence-corrected chi connectivity index (χ4v) is 2.02. The average Bonchev–Trinajstić information content (AvgIpc) is 2.78. The first-order valence-corrected chi connectivity index (χ1v) is 6.13. The molecule has 2 nitrogen and oxygen atoms in total. The summed E-state index contributed by atoms with van der Waals surface area (Å²) in [5.74, 6) is -1.22. The molecule has 0 radical (unpaired) electrons. The van der Waals surface area contributed by atoms with Crippen LogP contribution in [0.2, 0.25) is 0 Å². The van der Waals surface area contributed by atoms with Gasteiger partial charge in [-0.15, -0.1) is 0 Å². The SMILES string of the molecule is [2H]C1([2H])C([2H])([2H])C2(COc3cccc(C(C)C)c3F)OC1([2H])C([2H])([2H])C2([2H])[2H]. The molecule has 3 rings (SSSR count). The van der Waals surface area contributed by atoms with E-state index in [4.69, 9.17) is 21.8 Å². The van der Waals surface area contributed by atoms with E-state index in [0.717, 1.165) is 0 Å². The van der Waals surface area contributed by atoms with E-state index >= 15 is 0 Å². The van der Waals surface area contributed by atoms with Crippen LogP contribution in [0.15, 0.2) is 18.2 Å². The standard InChI is InChI=1S/C16H21FO2/c1-11(2)13-4-3-5-14(15(13)17)18-10-16-8-6-12(19-16)7-9-16/h3-5,11-12H,6-10H2,1-2H3/i6D2,7D2,8D2,9D2,12D. The van der Waals surface area contributed by atoms with Crippen molar-refractivity contribution in [3.05, 3.63) is 29.6 Å². The van der Waals surface area contributed by atoms with Crippen molar-refractivity contribution in [2.24, 2.45) is 0 Å². The minimum Gasteiger partial charge on any atom is -0.487 e. The minimum absolute atomic E-state index is 0.182. The van der Waals surface area contributed by atoms with Crippen LogP contribution in [0.25, 0.3) is 0 Å². The molecule has 2 saturated heterocycles. The summed E-state index contributed by atoms with van der Waals surface area (Å²) >= 11 is 0. The lowest BCUT2D eigenvalue weighted by Crippen LogP contribution is -2.32. The molecular weight excluding hydrogens is 243 g/mol. The molecule has 0 aliphatic carbocycles. The van der Waals surface area contributed by atoms with Gasteiger partial charge in [0, 0.05) is 11.0 Å². The Bertz CT molecular complexity index is 781. The molecule has 104 valence electrons. The average molecular weight is 273 g/mol. The number of hydrogen-bond donors (Lipinski definition) is 0. The normalized spacial score (nSPS) is 50.6. The Labute approximate surface area is 126 Å². The number of hydrogen-bond acceptors (Lipinski definition) is 2. The van der Waals surface area contributed by atoms with Crippen molar-refractivity contribution < 1.29 is 26.2 Å². The predicted octanol–water partition coefficient (Wildman–Crippen LogP) is 4.04. The number of ether oxygens (including phenoxy) is 2. The van der Waals surface area contributed by atoms with E-state index in [1.165, 1.54) is 18.2 Å². The molecule has 2 bridgehead atoms. The van der Waals surface area contributed by atoms with Crippen molar-refractivity contribution in [2.75, 3.05) is 6.61 Å². The van der Waals surface area contributed by atoms with Crippen molar-refractivity contribution in [3.63, 3.8) is 0 Å². The smallest absolute Gasteiger partial charge is 0.168 e. The molecule has 0 aromatic heterocycles. The molecule has 0 saturated carbocycles. The molecule has 2 aliphatic heterocycles. The molecule has 0 amide bonds. The van der Waals surface area contributed by atoms with Crippen LogP contribution in [0.4, 0.5) is 4.39 Å². The Morgan fingerprint density at radius 2 is 2.26 bits per heavy atom. The maximum Gasteiger partial charge on any atom is 0.168 e. The molecule has 0 atom stereocenters. The molecule has 2 fully saturated rings. The molecule has 0 N–H and O–H groups in total. The van der Waals surface area contributed by atoms with Crippen LogP contribution in [0.3, 0.4) is 0 Å². The highest BCUT2D eigenvalue weighted by molar-refractivity contribution is 5.33. The highest BCUT2D eigenvalue weighted by atomic mass is 19.1. The highest BCUT2D eigenvalue weighted by Crippen LogP contribution is 2.43. The Kier molecular flexibility index (Phi) is 1.54. The second-order valence-electron chi connectivity index (χ2n) is 4.86. The van der Waals surface area contributed by atoms with Gasteiger partial charge in [-0.25, -0.2) is 4.39 Å². The second kappa shape index (κ2) is 4.78. The lowest BCUT2D eigenvalue weighted by atomic mass is 9.89. The third kappa shape index (κ3) is 2.36. The summed E-state index contributed by atoms with van der Waals surface area (Å²) in [6.45, 7) is 2.50. The quantitative estimate of drug-likeness (QED) is 0.824. The summed E-state index contributed by atoms with van der Waals surface area (Å²) in [7, 11) is 0. The van der Waals surface area contributed by atoms with E-state index in [0.29, 0.717) is 5.56 Å². The van der Waals surface area contributed by atoms with Crippen LogP contribution < -0.4 is 4.74 Å². The van der Waals surface area contributed by atoms with Crippen LogP contribution in [0, 0.1) is 5.82 Å². The first kappa shape index (κ1) is 6.13. The van der Waals surface area contributed by atoms with Crippen molar-refractivity contribution in [1.29, 1.82) is 0 Å². The molecule has 19 heavy (non-hydrogen) atoms. The lowest BCUT2D eigenvalue weighted by Gasteiger charge is -2.25. The third-order valence-electron chi connectivity index (χ3n) is 3.08. The van der Waals surface area contributed by atoms with Crippen LogP contribution in [-0.2, 0) is 4.74 Å². The van der Waals surface area contributed by atoms with Crippen LogP contribution in [0.5, 0.6) is 5.75 Å². The second-order valence-corrected chi connectivity index (χ2v) is 4.86. The molecule has 0 unspecified atom stereocenters. The molecule has 2 aliphatic rings.